The topological polar surface area (TPSA) is 72.8 Å². The van der Waals surface area contributed by atoms with E-state index in [4.69, 9.17) is 14.6 Å². The third kappa shape index (κ3) is 3.48. The van der Waals surface area contributed by atoms with Crippen LogP contribution in [0.4, 0.5) is 0 Å². The molecule has 0 aliphatic carbocycles. The van der Waals surface area contributed by atoms with Crippen LogP contribution < -0.4 is 9.47 Å². The molecule has 18 heavy (non-hydrogen) atoms. The molecule has 0 aliphatic heterocycles. The minimum Gasteiger partial charge on any atom is -0.493 e. The Labute approximate surface area is 105 Å². The lowest BCUT2D eigenvalue weighted by atomic mass is 10.2. The van der Waals surface area contributed by atoms with E-state index in [-0.39, 0.29) is 0 Å². The van der Waals surface area contributed by atoms with Gasteiger partial charge in [0, 0.05) is 5.56 Å². The summed E-state index contributed by atoms with van der Waals surface area (Å²) in [7, 11) is 1.44. The molecule has 5 heteroatoms. The average molecular weight is 252 g/mol. The van der Waals surface area contributed by atoms with Crippen LogP contribution in [0, 0.1) is 0 Å². The SMILES string of the molecule is CCCC(Oc1ccc(C=O)cc1OC)C(=O)O. The van der Waals surface area contributed by atoms with Gasteiger partial charge in [-0.25, -0.2) is 4.79 Å². The van der Waals surface area contributed by atoms with Crippen LogP contribution in [-0.4, -0.2) is 30.6 Å². The number of hydrogen-bond acceptors (Lipinski definition) is 4. The maximum atomic E-state index is 11.0. The molecule has 1 N–H and O–H groups in total. The number of carbonyl (C=O) groups is 2. The number of carboxylic acids is 1. The van der Waals surface area contributed by atoms with Crippen molar-refractivity contribution in [3.05, 3.63) is 23.8 Å². The van der Waals surface area contributed by atoms with Crippen molar-refractivity contribution < 1.29 is 24.2 Å². The molecular weight excluding hydrogens is 236 g/mol. The maximum absolute atomic E-state index is 11.0. The standard InChI is InChI=1S/C13H16O5/c1-3-4-11(13(15)16)18-10-6-5-9(8-14)7-12(10)17-2/h5-8,11H,3-4H2,1-2H3,(H,15,16). The third-order valence-corrected chi connectivity index (χ3v) is 2.42. The second kappa shape index (κ2) is 6.64. The number of methoxy groups -OCH3 is 1. The summed E-state index contributed by atoms with van der Waals surface area (Å²) in [6.45, 7) is 1.88. The molecule has 5 nitrogen and oxygen atoms in total. The Hall–Kier alpha value is -2.04. The number of aldehydes is 1. The quantitative estimate of drug-likeness (QED) is 0.752. The van der Waals surface area contributed by atoms with Crippen molar-refractivity contribution in [1.82, 2.24) is 0 Å². The molecule has 0 aromatic heterocycles. The van der Waals surface area contributed by atoms with Gasteiger partial charge in [0.2, 0.25) is 0 Å². The van der Waals surface area contributed by atoms with Crippen molar-refractivity contribution in [1.29, 1.82) is 0 Å². The van der Waals surface area contributed by atoms with Gasteiger partial charge in [-0.15, -0.1) is 0 Å². The largest absolute Gasteiger partial charge is 0.493 e. The van der Waals surface area contributed by atoms with E-state index in [2.05, 4.69) is 0 Å². The minimum atomic E-state index is -1.02. The van der Waals surface area contributed by atoms with Crippen LogP contribution in [0.5, 0.6) is 11.5 Å². The van der Waals surface area contributed by atoms with Crippen LogP contribution in [0.25, 0.3) is 0 Å². The number of aliphatic carboxylic acids is 1. The second-order valence-corrected chi connectivity index (χ2v) is 3.76. The molecule has 1 aromatic carbocycles. The van der Waals surface area contributed by atoms with E-state index in [1.54, 1.807) is 6.07 Å². The molecular formula is C13H16O5. The fourth-order valence-electron chi connectivity index (χ4n) is 1.50. The summed E-state index contributed by atoms with van der Waals surface area (Å²) in [5.74, 6) is -0.343. The lowest BCUT2D eigenvalue weighted by Crippen LogP contribution is -2.26. The number of ether oxygens (including phenoxy) is 2. The molecule has 98 valence electrons. The first kappa shape index (κ1) is 14.0. The van der Waals surface area contributed by atoms with Gasteiger partial charge in [-0.05, 0) is 24.6 Å². The number of carbonyl (C=O) groups excluding carboxylic acids is 1. The normalized spacial score (nSPS) is 11.7. The number of rotatable bonds is 7. The van der Waals surface area contributed by atoms with Crippen LogP contribution in [0.15, 0.2) is 18.2 Å². The van der Waals surface area contributed by atoms with Gasteiger partial charge in [0.15, 0.2) is 17.6 Å². The average Bonchev–Trinajstić information content (AvgIpc) is 2.38. The van der Waals surface area contributed by atoms with Gasteiger partial charge in [-0.2, -0.15) is 0 Å². The van der Waals surface area contributed by atoms with Crippen LogP contribution in [0.1, 0.15) is 30.1 Å². The summed E-state index contributed by atoms with van der Waals surface area (Å²) in [5, 5.41) is 9.01. The highest BCUT2D eigenvalue weighted by atomic mass is 16.5. The van der Waals surface area contributed by atoms with Crippen molar-refractivity contribution in [3.63, 3.8) is 0 Å². The maximum Gasteiger partial charge on any atom is 0.344 e. The molecule has 0 radical (unpaired) electrons. The van der Waals surface area contributed by atoms with Crippen molar-refractivity contribution >= 4 is 12.3 Å². The molecule has 0 saturated heterocycles. The number of hydrogen-bond donors (Lipinski definition) is 1. The van der Waals surface area contributed by atoms with Gasteiger partial charge in [0.1, 0.15) is 6.29 Å². The van der Waals surface area contributed by atoms with E-state index < -0.39 is 12.1 Å². The zero-order valence-electron chi connectivity index (χ0n) is 10.4. The molecule has 0 heterocycles. The van der Waals surface area contributed by atoms with Crippen LogP contribution >= 0.6 is 0 Å². The summed E-state index contributed by atoms with van der Waals surface area (Å²) in [5.41, 5.74) is 0.446. The lowest BCUT2D eigenvalue weighted by Gasteiger charge is -2.16. The van der Waals surface area contributed by atoms with E-state index in [0.717, 1.165) is 0 Å². The molecule has 0 fully saturated rings. The fourth-order valence-corrected chi connectivity index (χ4v) is 1.50. The fraction of sp³-hybridized carbons (Fsp3) is 0.385. The van der Waals surface area contributed by atoms with Crippen LogP contribution in [0.3, 0.4) is 0 Å². The Morgan fingerprint density at radius 2 is 2.17 bits per heavy atom. The molecule has 0 saturated carbocycles. The molecule has 0 amide bonds. The Bertz CT molecular complexity index is 427. The van der Waals surface area contributed by atoms with Gasteiger partial charge in [-0.1, -0.05) is 13.3 Å². The summed E-state index contributed by atoms with van der Waals surface area (Å²) in [6.07, 6.45) is 0.887. The predicted molar refractivity (Wildman–Crippen MR) is 65.3 cm³/mol. The Kier molecular flexibility index (Phi) is 5.17. The van der Waals surface area contributed by atoms with Crippen molar-refractivity contribution in [2.45, 2.75) is 25.9 Å². The van der Waals surface area contributed by atoms with Crippen molar-refractivity contribution in [2.75, 3.05) is 7.11 Å². The molecule has 0 bridgehead atoms. The summed E-state index contributed by atoms with van der Waals surface area (Å²) in [4.78, 5) is 21.6. The van der Waals surface area contributed by atoms with Gasteiger partial charge in [0.25, 0.3) is 0 Å². The van der Waals surface area contributed by atoms with Gasteiger partial charge < -0.3 is 14.6 Å². The number of benzene rings is 1. The van der Waals surface area contributed by atoms with E-state index in [1.807, 2.05) is 6.92 Å². The number of carboxylic acid groups (broad SMARTS) is 1. The molecule has 0 aliphatic rings. The molecule has 1 atom stereocenters. The highest BCUT2D eigenvalue weighted by Crippen LogP contribution is 2.29. The second-order valence-electron chi connectivity index (χ2n) is 3.76. The van der Waals surface area contributed by atoms with Crippen molar-refractivity contribution in [3.8, 4) is 11.5 Å². The van der Waals surface area contributed by atoms with E-state index in [1.165, 1.54) is 19.2 Å². The van der Waals surface area contributed by atoms with Gasteiger partial charge in [-0.3, -0.25) is 4.79 Å². The first-order chi connectivity index (χ1) is 8.62. The highest BCUT2D eigenvalue weighted by Gasteiger charge is 2.20. The van der Waals surface area contributed by atoms with E-state index in [0.29, 0.717) is 36.2 Å². The zero-order valence-corrected chi connectivity index (χ0v) is 10.4. The summed E-state index contributed by atoms with van der Waals surface area (Å²) in [6, 6.07) is 4.59. The third-order valence-electron chi connectivity index (χ3n) is 2.42. The first-order valence-corrected chi connectivity index (χ1v) is 5.65. The molecule has 1 unspecified atom stereocenters. The Balaban J connectivity index is 2.94. The van der Waals surface area contributed by atoms with Crippen molar-refractivity contribution in [2.24, 2.45) is 0 Å². The van der Waals surface area contributed by atoms with E-state index >= 15 is 0 Å². The lowest BCUT2D eigenvalue weighted by molar-refractivity contribution is -0.145. The smallest absolute Gasteiger partial charge is 0.344 e. The minimum absolute atomic E-state index is 0.323. The predicted octanol–water partition coefficient (Wildman–Crippen LogP) is 2.14. The Morgan fingerprint density at radius 3 is 2.67 bits per heavy atom. The van der Waals surface area contributed by atoms with Gasteiger partial charge >= 0.3 is 5.97 Å². The molecule has 1 aromatic rings. The molecule has 0 spiro atoms. The first-order valence-electron chi connectivity index (χ1n) is 5.65. The van der Waals surface area contributed by atoms with Crippen LogP contribution in [0.2, 0.25) is 0 Å². The zero-order chi connectivity index (χ0) is 13.5. The Morgan fingerprint density at radius 1 is 1.44 bits per heavy atom. The highest BCUT2D eigenvalue weighted by molar-refractivity contribution is 5.77. The molecule has 1 rings (SSSR count). The monoisotopic (exact) mass is 252 g/mol. The van der Waals surface area contributed by atoms with Crippen LogP contribution in [-0.2, 0) is 4.79 Å². The summed E-state index contributed by atoms with van der Waals surface area (Å²) < 4.78 is 10.5. The van der Waals surface area contributed by atoms with Gasteiger partial charge in [0.05, 0.1) is 7.11 Å². The summed E-state index contributed by atoms with van der Waals surface area (Å²) >= 11 is 0. The van der Waals surface area contributed by atoms with E-state index in [9.17, 15) is 9.59 Å².